The van der Waals surface area contributed by atoms with Crippen LogP contribution in [-0.4, -0.2) is 57.5 Å². The number of amides is 1. The van der Waals surface area contributed by atoms with Gasteiger partial charge in [-0.3, -0.25) is 4.79 Å². The lowest BCUT2D eigenvalue weighted by Gasteiger charge is -2.36. The molecule has 2 fully saturated rings. The summed E-state index contributed by atoms with van der Waals surface area (Å²) in [5, 5.41) is 10.1. The van der Waals surface area contributed by atoms with E-state index in [0.29, 0.717) is 11.7 Å². The average molecular weight is 392 g/mol. The molecule has 0 radical (unpaired) electrons. The van der Waals surface area contributed by atoms with Crippen LogP contribution in [0.15, 0.2) is 29.4 Å². The molecule has 4 rings (SSSR count). The zero-order valence-electron chi connectivity index (χ0n) is 14.8. The fraction of sp³-hybridized carbons (Fsp3) is 0.500. The molecule has 6 nitrogen and oxygen atoms in total. The number of thioether (sulfide) groups is 1. The number of hydrogen-bond donors (Lipinski definition) is 0. The summed E-state index contributed by atoms with van der Waals surface area (Å²) in [6.07, 6.45) is 2.40. The Hall–Kier alpha value is -1.73. The van der Waals surface area contributed by atoms with Crippen LogP contribution in [0, 0.1) is 0 Å². The first-order valence-corrected chi connectivity index (χ1v) is 10.3. The van der Waals surface area contributed by atoms with Gasteiger partial charge < -0.3 is 14.4 Å². The molecule has 2 aromatic rings. The highest BCUT2D eigenvalue weighted by Gasteiger charge is 2.29. The van der Waals surface area contributed by atoms with Crippen LogP contribution in [0.2, 0.25) is 5.02 Å². The molecule has 0 N–H and O–H groups in total. The number of anilines is 1. The van der Waals surface area contributed by atoms with Crippen LogP contribution in [-0.2, 0) is 11.8 Å². The van der Waals surface area contributed by atoms with E-state index in [4.69, 9.17) is 11.6 Å². The summed E-state index contributed by atoms with van der Waals surface area (Å²) in [6.45, 7) is 3.12. The van der Waals surface area contributed by atoms with Crippen molar-refractivity contribution in [2.75, 3.05) is 36.8 Å². The Morgan fingerprint density at radius 3 is 2.69 bits per heavy atom. The van der Waals surface area contributed by atoms with Gasteiger partial charge in [0.2, 0.25) is 5.91 Å². The minimum absolute atomic E-state index is 0.164. The van der Waals surface area contributed by atoms with Crippen molar-refractivity contribution in [1.82, 2.24) is 19.7 Å². The zero-order valence-corrected chi connectivity index (χ0v) is 16.3. The molecular formula is C18H22ClN5OS. The summed E-state index contributed by atoms with van der Waals surface area (Å²) in [7, 11) is 1.99. The molecule has 1 saturated carbocycles. The van der Waals surface area contributed by atoms with Gasteiger partial charge in [-0.2, -0.15) is 0 Å². The van der Waals surface area contributed by atoms with Crippen LogP contribution in [0.3, 0.4) is 0 Å². The van der Waals surface area contributed by atoms with Gasteiger partial charge in [0.15, 0.2) is 5.16 Å². The lowest BCUT2D eigenvalue weighted by molar-refractivity contribution is -0.128. The number of carbonyl (C=O) groups excluding carboxylic acids is 1. The quantitative estimate of drug-likeness (QED) is 0.733. The minimum Gasteiger partial charge on any atom is -0.368 e. The third kappa shape index (κ3) is 3.83. The van der Waals surface area contributed by atoms with Crippen molar-refractivity contribution in [2.45, 2.75) is 23.9 Å². The van der Waals surface area contributed by atoms with E-state index in [1.54, 1.807) is 0 Å². The van der Waals surface area contributed by atoms with Crippen molar-refractivity contribution in [3.8, 4) is 0 Å². The van der Waals surface area contributed by atoms with Gasteiger partial charge in [-0.15, -0.1) is 10.2 Å². The van der Waals surface area contributed by atoms with Crippen molar-refractivity contribution < 1.29 is 4.79 Å². The number of hydrogen-bond acceptors (Lipinski definition) is 5. The number of rotatable bonds is 5. The monoisotopic (exact) mass is 391 g/mol. The van der Waals surface area contributed by atoms with Gasteiger partial charge in [0, 0.05) is 49.9 Å². The topological polar surface area (TPSA) is 54.3 Å². The lowest BCUT2D eigenvalue weighted by Crippen LogP contribution is -2.49. The number of halogens is 1. The summed E-state index contributed by atoms with van der Waals surface area (Å²) in [5.74, 6) is 2.19. The van der Waals surface area contributed by atoms with E-state index in [0.717, 1.165) is 47.9 Å². The number of nitrogens with zero attached hydrogens (tertiary/aromatic N) is 5. The Labute approximate surface area is 162 Å². The number of piperazine rings is 1. The maximum Gasteiger partial charge on any atom is 0.233 e. The molecule has 1 aromatic heterocycles. The largest absolute Gasteiger partial charge is 0.368 e. The summed E-state index contributed by atoms with van der Waals surface area (Å²) < 4.78 is 2.03. The Morgan fingerprint density at radius 1 is 1.23 bits per heavy atom. The predicted molar refractivity (Wildman–Crippen MR) is 104 cm³/mol. The van der Waals surface area contributed by atoms with Crippen molar-refractivity contribution >= 4 is 35.0 Å². The fourth-order valence-electron chi connectivity index (χ4n) is 3.25. The minimum atomic E-state index is 0.164. The number of carbonyl (C=O) groups is 1. The molecular weight excluding hydrogens is 370 g/mol. The molecule has 2 heterocycles. The first-order chi connectivity index (χ1) is 12.6. The van der Waals surface area contributed by atoms with Crippen LogP contribution in [0.4, 0.5) is 5.69 Å². The van der Waals surface area contributed by atoms with E-state index < -0.39 is 0 Å². The zero-order chi connectivity index (χ0) is 18.1. The molecule has 1 aliphatic heterocycles. The van der Waals surface area contributed by atoms with Gasteiger partial charge in [0.1, 0.15) is 5.82 Å². The van der Waals surface area contributed by atoms with Crippen LogP contribution in [0.5, 0.6) is 0 Å². The molecule has 26 heavy (non-hydrogen) atoms. The maximum absolute atomic E-state index is 12.5. The molecule has 0 spiro atoms. The third-order valence-corrected chi connectivity index (χ3v) is 6.18. The molecule has 0 unspecified atom stereocenters. The Bertz CT molecular complexity index is 799. The fourth-order valence-corrected chi connectivity index (χ4v) is 4.26. The van der Waals surface area contributed by atoms with Gasteiger partial charge in [0.05, 0.1) is 5.75 Å². The van der Waals surface area contributed by atoms with E-state index in [2.05, 4.69) is 21.2 Å². The summed E-state index contributed by atoms with van der Waals surface area (Å²) in [4.78, 5) is 16.7. The highest BCUT2D eigenvalue weighted by Crippen LogP contribution is 2.39. The maximum atomic E-state index is 12.5. The van der Waals surface area contributed by atoms with Crippen LogP contribution in [0.1, 0.15) is 24.6 Å². The van der Waals surface area contributed by atoms with Crippen molar-refractivity contribution in [3.63, 3.8) is 0 Å². The Balaban J connectivity index is 1.28. The third-order valence-electron chi connectivity index (χ3n) is 4.94. The van der Waals surface area contributed by atoms with Gasteiger partial charge in [0.25, 0.3) is 0 Å². The lowest BCUT2D eigenvalue weighted by atomic mass is 10.2. The second-order valence-electron chi connectivity index (χ2n) is 6.81. The molecule has 1 aromatic carbocycles. The number of aromatic nitrogens is 3. The standard InChI is InChI=1S/C18H22ClN5OS/c1-22-17(13-5-6-13)20-21-18(22)26-12-16(25)24-9-7-23(8-10-24)15-4-2-3-14(19)11-15/h2-4,11,13H,5-10,12H2,1H3. The summed E-state index contributed by atoms with van der Waals surface area (Å²) in [6, 6.07) is 7.87. The highest BCUT2D eigenvalue weighted by atomic mass is 35.5. The molecule has 1 amide bonds. The second-order valence-corrected chi connectivity index (χ2v) is 8.19. The van der Waals surface area contributed by atoms with E-state index in [1.165, 1.54) is 24.6 Å². The summed E-state index contributed by atoms with van der Waals surface area (Å²) in [5.41, 5.74) is 1.12. The SMILES string of the molecule is Cn1c(SCC(=O)N2CCN(c3cccc(Cl)c3)CC2)nnc1C1CC1. The van der Waals surface area contributed by atoms with Crippen LogP contribution in [0.25, 0.3) is 0 Å². The smallest absolute Gasteiger partial charge is 0.233 e. The highest BCUT2D eigenvalue weighted by molar-refractivity contribution is 7.99. The van der Waals surface area contributed by atoms with E-state index in [9.17, 15) is 4.79 Å². The molecule has 2 aliphatic rings. The first-order valence-electron chi connectivity index (χ1n) is 8.92. The predicted octanol–water partition coefficient (Wildman–Crippen LogP) is 2.79. The molecule has 8 heteroatoms. The van der Waals surface area contributed by atoms with Gasteiger partial charge in [-0.25, -0.2) is 0 Å². The first kappa shape index (κ1) is 17.7. The van der Waals surface area contributed by atoms with E-state index >= 15 is 0 Å². The second kappa shape index (κ2) is 7.48. The van der Waals surface area contributed by atoms with Crippen LogP contribution >= 0.6 is 23.4 Å². The molecule has 138 valence electrons. The molecule has 1 saturated heterocycles. The number of benzene rings is 1. The van der Waals surface area contributed by atoms with Crippen molar-refractivity contribution in [2.24, 2.45) is 7.05 Å². The van der Waals surface area contributed by atoms with E-state index in [-0.39, 0.29) is 5.91 Å². The molecule has 0 atom stereocenters. The summed E-state index contributed by atoms with van der Waals surface area (Å²) >= 11 is 7.55. The molecule has 1 aliphatic carbocycles. The van der Waals surface area contributed by atoms with Gasteiger partial charge in [-0.05, 0) is 31.0 Å². The van der Waals surface area contributed by atoms with Gasteiger partial charge >= 0.3 is 0 Å². The van der Waals surface area contributed by atoms with E-state index in [1.807, 2.05) is 34.7 Å². The van der Waals surface area contributed by atoms with Crippen LogP contribution < -0.4 is 4.90 Å². The molecule has 0 bridgehead atoms. The Kier molecular flexibility index (Phi) is 5.09. The average Bonchev–Trinajstić information content (AvgIpc) is 3.43. The Morgan fingerprint density at radius 2 is 2.00 bits per heavy atom. The normalized spacial score (nSPS) is 17.6. The van der Waals surface area contributed by atoms with Crippen molar-refractivity contribution in [3.05, 3.63) is 35.1 Å². The van der Waals surface area contributed by atoms with Gasteiger partial charge in [-0.1, -0.05) is 29.4 Å². The van der Waals surface area contributed by atoms with Crippen molar-refractivity contribution in [1.29, 1.82) is 0 Å².